The normalized spacial score (nSPS) is 14.5. The monoisotopic (exact) mass is 450 g/mol. The molecular formula is C21H27IOSi. The topological polar surface area (TPSA) is 9.23 Å². The molecule has 128 valence electrons. The van der Waals surface area contributed by atoms with E-state index in [1.54, 1.807) is 0 Å². The van der Waals surface area contributed by atoms with Crippen molar-refractivity contribution in [1.29, 1.82) is 0 Å². The van der Waals surface area contributed by atoms with Gasteiger partial charge in [0.1, 0.15) is 0 Å². The molecule has 2 aromatic rings. The van der Waals surface area contributed by atoms with Crippen LogP contribution in [0.25, 0.3) is 0 Å². The number of hydrogen-bond donors (Lipinski definition) is 0. The highest BCUT2D eigenvalue weighted by Crippen LogP contribution is 2.38. The zero-order valence-electron chi connectivity index (χ0n) is 15.2. The van der Waals surface area contributed by atoms with Gasteiger partial charge in [-0.15, -0.1) is 0 Å². The van der Waals surface area contributed by atoms with Crippen LogP contribution >= 0.6 is 22.6 Å². The van der Waals surface area contributed by atoms with Gasteiger partial charge in [0.05, 0.1) is 6.10 Å². The Morgan fingerprint density at radius 3 is 1.71 bits per heavy atom. The first kappa shape index (κ1) is 19.4. The molecule has 0 aliphatic rings. The van der Waals surface area contributed by atoms with Crippen LogP contribution < -0.4 is 10.4 Å². The molecule has 0 radical (unpaired) electrons. The van der Waals surface area contributed by atoms with E-state index in [1.807, 2.05) is 0 Å². The maximum Gasteiger partial charge on any atom is 0.261 e. The minimum atomic E-state index is -2.44. The first-order valence-corrected chi connectivity index (χ1v) is 11.5. The highest BCUT2D eigenvalue weighted by Gasteiger charge is 2.51. The van der Waals surface area contributed by atoms with Gasteiger partial charge in [-0.05, 0) is 38.9 Å². The first-order valence-electron chi connectivity index (χ1n) is 8.38. The fourth-order valence-electron chi connectivity index (χ4n) is 3.14. The van der Waals surface area contributed by atoms with E-state index in [1.165, 1.54) is 15.9 Å². The smallest absolute Gasteiger partial charge is 0.261 e. The summed E-state index contributed by atoms with van der Waals surface area (Å²) in [6, 6.07) is 21.6. The van der Waals surface area contributed by atoms with E-state index >= 15 is 0 Å². The Morgan fingerprint density at radius 2 is 1.38 bits per heavy atom. The van der Waals surface area contributed by atoms with Crippen molar-refractivity contribution >= 4 is 41.3 Å². The Labute approximate surface area is 161 Å². The summed E-state index contributed by atoms with van der Waals surface area (Å²) >= 11 is 2.30. The molecule has 2 aromatic carbocycles. The molecule has 0 aromatic heterocycles. The van der Waals surface area contributed by atoms with Gasteiger partial charge < -0.3 is 4.43 Å². The van der Waals surface area contributed by atoms with Crippen molar-refractivity contribution in [1.82, 2.24) is 0 Å². The second-order valence-electron chi connectivity index (χ2n) is 7.28. The largest absolute Gasteiger partial charge is 0.401 e. The van der Waals surface area contributed by atoms with Crippen molar-refractivity contribution in [2.24, 2.45) is 0 Å². The highest BCUT2D eigenvalue weighted by molar-refractivity contribution is 14.1. The Kier molecular flexibility index (Phi) is 6.45. The van der Waals surface area contributed by atoms with E-state index in [2.05, 4.69) is 122 Å². The van der Waals surface area contributed by atoms with Crippen LogP contribution in [0.15, 0.2) is 70.3 Å². The molecule has 1 unspecified atom stereocenters. The standard InChI is InChI=1S/C21H27IOSi/c1-17(16-22)18(2)23-24(21(3,4)5,19-12-8-6-9-13-19)20-14-10-7-11-15-20/h6-16,18H,1-5H3/b17-16+. The molecule has 0 amide bonds. The lowest BCUT2D eigenvalue weighted by molar-refractivity contribution is 0.241. The Morgan fingerprint density at radius 1 is 0.958 bits per heavy atom. The molecule has 0 heterocycles. The van der Waals surface area contributed by atoms with Gasteiger partial charge in [0.2, 0.25) is 0 Å². The lowest BCUT2D eigenvalue weighted by atomic mass is 10.2. The molecule has 2 rings (SSSR count). The van der Waals surface area contributed by atoms with Crippen LogP contribution in [0.4, 0.5) is 0 Å². The average molecular weight is 450 g/mol. The molecule has 1 atom stereocenters. The molecule has 0 N–H and O–H groups in total. The number of hydrogen-bond acceptors (Lipinski definition) is 1. The molecule has 1 nitrogen and oxygen atoms in total. The lowest BCUT2D eigenvalue weighted by Gasteiger charge is -2.44. The van der Waals surface area contributed by atoms with Crippen LogP contribution in [0.2, 0.25) is 5.04 Å². The van der Waals surface area contributed by atoms with Crippen LogP contribution in [-0.2, 0) is 4.43 Å². The fourth-order valence-corrected chi connectivity index (χ4v) is 8.38. The van der Waals surface area contributed by atoms with Crippen LogP contribution in [-0.4, -0.2) is 14.4 Å². The second-order valence-corrected chi connectivity index (χ2v) is 12.2. The van der Waals surface area contributed by atoms with E-state index in [0.29, 0.717) is 0 Å². The minimum Gasteiger partial charge on any atom is -0.401 e. The van der Waals surface area contributed by atoms with Crippen LogP contribution in [0.3, 0.4) is 0 Å². The Hall–Kier alpha value is -0.913. The van der Waals surface area contributed by atoms with Gasteiger partial charge in [-0.3, -0.25) is 0 Å². The maximum absolute atomic E-state index is 6.99. The zero-order valence-corrected chi connectivity index (χ0v) is 18.4. The Bertz CT molecular complexity index is 634. The molecule has 0 saturated carbocycles. The Balaban J connectivity index is 2.71. The van der Waals surface area contributed by atoms with Crippen LogP contribution in [0.1, 0.15) is 34.6 Å². The predicted octanol–water partition coefficient (Wildman–Crippen LogP) is 5.29. The van der Waals surface area contributed by atoms with Gasteiger partial charge >= 0.3 is 0 Å². The van der Waals surface area contributed by atoms with E-state index in [0.717, 1.165) is 0 Å². The average Bonchev–Trinajstić information content (AvgIpc) is 2.59. The molecule has 0 spiro atoms. The molecule has 24 heavy (non-hydrogen) atoms. The van der Waals surface area contributed by atoms with Gasteiger partial charge in [-0.1, -0.05) is 104 Å². The highest BCUT2D eigenvalue weighted by atomic mass is 127. The fraction of sp³-hybridized carbons (Fsp3) is 0.333. The van der Waals surface area contributed by atoms with Crippen molar-refractivity contribution < 1.29 is 4.43 Å². The molecule has 0 fully saturated rings. The quantitative estimate of drug-likeness (QED) is 0.444. The molecule has 0 aliphatic heterocycles. The van der Waals surface area contributed by atoms with Crippen molar-refractivity contribution in [2.75, 3.05) is 0 Å². The molecule has 0 bridgehead atoms. The number of halogens is 1. The maximum atomic E-state index is 6.99. The third-order valence-corrected chi connectivity index (χ3v) is 10.7. The zero-order chi connectivity index (χ0) is 17.8. The summed E-state index contributed by atoms with van der Waals surface area (Å²) in [5, 5.41) is 2.68. The SMILES string of the molecule is C/C(=C\I)C(C)O[Si](c1ccccc1)(c1ccccc1)C(C)(C)C. The summed E-state index contributed by atoms with van der Waals surface area (Å²) in [4.78, 5) is 0. The van der Waals surface area contributed by atoms with Crippen LogP contribution in [0.5, 0.6) is 0 Å². The molecule has 0 saturated heterocycles. The summed E-state index contributed by atoms with van der Waals surface area (Å²) in [5.74, 6) is 0. The third-order valence-electron chi connectivity index (χ3n) is 4.58. The number of benzene rings is 2. The van der Waals surface area contributed by atoms with E-state index < -0.39 is 8.32 Å². The van der Waals surface area contributed by atoms with Crippen molar-refractivity contribution in [3.8, 4) is 0 Å². The van der Waals surface area contributed by atoms with Crippen molar-refractivity contribution in [2.45, 2.75) is 45.8 Å². The second kappa shape index (κ2) is 7.98. The van der Waals surface area contributed by atoms with Gasteiger partial charge in [0.25, 0.3) is 8.32 Å². The number of rotatable bonds is 5. The predicted molar refractivity (Wildman–Crippen MR) is 116 cm³/mol. The summed E-state index contributed by atoms with van der Waals surface area (Å²) in [6.45, 7) is 11.3. The van der Waals surface area contributed by atoms with Crippen LogP contribution in [0, 0.1) is 0 Å². The summed E-state index contributed by atoms with van der Waals surface area (Å²) in [7, 11) is -2.44. The molecular weight excluding hydrogens is 423 g/mol. The summed E-state index contributed by atoms with van der Waals surface area (Å²) in [5.41, 5.74) is 1.27. The molecule has 3 heteroatoms. The minimum absolute atomic E-state index is 0.0233. The van der Waals surface area contributed by atoms with Gasteiger partial charge in [-0.25, -0.2) is 0 Å². The lowest BCUT2D eigenvalue weighted by Crippen LogP contribution is -2.67. The summed E-state index contributed by atoms with van der Waals surface area (Å²) < 4.78 is 9.12. The van der Waals surface area contributed by atoms with E-state index in [4.69, 9.17) is 4.43 Å². The van der Waals surface area contributed by atoms with Crippen molar-refractivity contribution in [3.63, 3.8) is 0 Å². The first-order chi connectivity index (χ1) is 11.3. The van der Waals surface area contributed by atoms with Gasteiger partial charge in [-0.2, -0.15) is 0 Å². The van der Waals surface area contributed by atoms with Gasteiger partial charge in [0.15, 0.2) is 0 Å². The van der Waals surface area contributed by atoms with E-state index in [-0.39, 0.29) is 11.1 Å². The van der Waals surface area contributed by atoms with E-state index in [9.17, 15) is 0 Å². The molecule has 0 aliphatic carbocycles. The summed E-state index contributed by atoms with van der Waals surface area (Å²) in [6.07, 6.45) is 0.0909. The van der Waals surface area contributed by atoms with Crippen molar-refractivity contribution in [3.05, 3.63) is 70.3 Å². The third kappa shape index (κ3) is 3.84. The van der Waals surface area contributed by atoms with Gasteiger partial charge in [0, 0.05) is 0 Å².